The molecular formula is C20H25N3O4S. The number of hydrogen-bond acceptors (Lipinski definition) is 6. The third-order valence-corrected chi connectivity index (χ3v) is 5.39. The highest BCUT2D eigenvalue weighted by atomic mass is 32.1. The minimum Gasteiger partial charge on any atom is -0.497 e. The molecular weight excluding hydrogens is 378 g/mol. The Balaban J connectivity index is 1.61. The van der Waals surface area contributed by atoms with E-state index in [0.717, 1.165) is 30.0 Å². The van der Waals surface area contributed by atoms with Crippen LogP contribution in [0.2, 0.25) is 0 Å². The number of hydrogen-bond donors (Lipinski definition) is 2. The number of benzene rings is 1. The Morgan fingerprint density at radius 1 is 1.21 bits per heavy atom. The molecule has 0 bridgehead atoms. The first kappa shape index (κ1) is 20.3. The molecule has 0 spiro atoms. The maximum Gasteiger partial charge on any atom is 0.309 e. The second-order valence-electron chi connectivity index (χ2n) is 6.47. The average Bonchev–Trinajstić information content (AvgIpc) is 3.26. The van der Waals surface area contributed by atoms with Gasteiger partial charge < -0.3 is 20.1 Å². The normalized spacial score (nSPS) is 15.6. The smallest absolute Gasteiger partial charge is 0.309 e. The van der Waals surface area contributed by atoms with Crippen LogP contribution in [0.4, 0.5) is 0 Å². The number of ether oxygens (including phenoxy) is 2. The van der Waals surface area contributed by atoms with Gasteiger partial charge in [0.15, 0.2) is 0 Å². The lowest BCUT2D eigenvalue weighted by molar-refractivity contribution is -0.139. The molecule has 2 N–H and O–H groups in total. The summed E-state index contributed by atoms with van der Waals surface area (Å²) in [5.74, 6) is -0.496. The fraction of sp³-hybridized carbons (Fsp3) is 0.400. The Bertz CT molecular complexity index is 776. The van der Waals surface area contributed by atoms with Crippen molar-refractivity contribution in [1.29, 1.82) is 0 Å². The van der Waals surface area contributed by atoms with Crippen molar-refractivity contribution in [3.8, 4) is 5.75 Å². The summed E-state index contributed by atoms with van der Waals surface area (Å²) in [4.78, 5) is 26.6. The molecule has 0 saturated carbocycles. The molecule has 28 heavy (non-hydrogen) atoms. The minimum atomic E-state index is -0.628. The number of methoxy groups -OCH3 is 1. The van der Waals surface area contributed by atoms with E-state index < -0.39 is 11.8 Å². The van der Waals surface area contributed by atoms with Gasteiger partial charge in [0.25, 0.3) is 0 Å². The second-order valence-corrected chi connectivity index (χ2v) is 7.25. The molecule has 1 saturated heterocycles. The van der Waals surface area contributed by atoms with E-state index in [1.54, 1.807) is 18.4 Å². The quantitative estimate of drug-likeness (QED) is 0.686. The highest BCUT2D eigenvalue weighted by Gasteiger charge is 2.24. The SMILES string of the molecule is COc1cccc(C(CNC(=O)C(=O)NCc2ccsc2)N2CCOCC2)c1. The zero-order chi connectivity index (χ0) is 19.8. The van der Waals surface area contributed by atoms with Crippen molar-refractivity contribution in [2.45, 2.75) is 12.6 Å². The van der Waals surface area contributed by atoms with E-state index in [9.17, 15) is 9.59 Å². The van der Waals surface area contributed by atoms with E-state index in [-0.39, 0.29) is 6.04 Å². The van der Waals surface area contributed by atoms with E-state index in [1.165, 1.54) is 0 Å². The number of nitrogens with one attached hydrogen (secondary N) is 2. The first-order valence-corrected chi connectivity index (χ1v) is 10.1. The van der Waals surface area contributed by atoms with Gasteiger partial charge in [0, 0.05) is 26.2 Å². The summed E-state index contributed by atoms with van der Waals surface area (Å²) < 4.78 is 10.8. The van der Waals surface area contributed by atoms with Gasteiger partial charge in [0.05, 0.1) is 26.4 Å². The predicted molar refractivity (Wildman–Crippen MR) is 107 cm³/mol. The second kappa shape index (κ2) is 10.2. The standard InChI is InChI=1S/C20H25N3O4S/c1-26-17-4-2-3-16(11-17)18(23-6-8-27-9-7-23)13-22-20(25)19(24)21-12-15-5-10-28-14-15/h2-5,10-11,14,18H,6-9,12-13H2,1H3,(H,21,24)(H,22,25). The molecule has 0 radical (unpaired) electrons. The summed E-state index contributed by atoms with van der Waals surface area (Å²) in [6.07, 6.45) is 0. The van der Waals surface area contributed by atoms with Crippen LogP contribution < -0.4 is 15.4 Å². The number of rotatable bonds is 7. The van der Waals surface area contributed by atoms with Crippen LogP contribution in [0.25, 0.3) is 0 Å². The van der Waals surface area contributed by atoms with Crippen LogP contribution in [0, 0.1) is 0 Å². The van der Waals surface area contributed by atoms with Crippen LogP contribution in [-0.2, 0) is 20.9 Å². The van der Waals surface area contributed by atoms with Crippen molar-refractivity contribution in [1.82, 2.24) is 15.5 Å². The molecule has 1 aliphatic heterocycles. The van der Waals surface area contributed by atoms with Crippen LogP contribution in [-0.4, -0.2) is 56.7 Å². The molecule has 1 aromatic carbocycles. The van der Waals surface area contributed by atoms with Gasteiger partial charge in [-0.25, -0.2) is 0 Å². The van der Waals surface area contributed by atoms with Crippen molar-refractivity contribution in [3.63, 3.8) is 0 Å². The van der Waals surface area contributed by atoms with Crippen LogP contribution in [0.3, 0.4) is 0 Å². The fourth-order valence-corrected chi connectivity index (χ4v) is 3.79. The number of carbonyl (C=O) groups is 2. The van der Waals surface area contributed by atoms with E-state index >= 15 is 0 Å². The van der Waals surface area contributed by atoms with Crippen LogP contribution in [0.5, 0.6) is 5.75 Å². The molecule has 7 nitrogen and oxygen atoms in total. The van der Waals surface area contributed by atoms with Crippen LogP contribution in [0.15, 0.2) is 41.1 Å². The zero-order valence-electron chi connectivity index (χ0n) is 15.8. The molecule has 150 valence electrons. The summed E-state index contributed by atoms with van der Waals surface area (Å²) in [6, 6.07) is 9.63. The highest BCUT2D eigenvalue weighted by Crippen LogP contribution is 2.24. The molecule has 2 heterocycles. The van der Waals surface area contributed by atoms with E-state index in [2.05, 4.69) is 15.5 Å². The molecule has 8 heteroatoms. The summed E-state index contributed by atoms with van der Waals surface area (Å²) in [5.41, 5.74) is 2.01. The van der Waals surface area contributed by atoms with Crippen molar-refractivity contribution < 1.29 is 19.1 Å². The first-order chi connectivity index (χ1) is 13.7. The van der Waals surface area contributed by atoms with Gasteiger partial charge in [0.2, 0.25) is 0 Å². The molecule has 3 rings (SSSR count). The molecule has 1 atom stereocenters. The lowest BCUT2D eigenvalue weighted by atomic mass is 10.0. The lowest BCUT2D eigenvalue weighted by Crippen LogP contribution is -2.46. The third kappa shape index (κ3) is 5.54. The van der Waals surface area contributed by atoms with Crippen molar-refractivity contribution >= 4 is 23.2 Å². The largest absolute Gasteiger partial charge is 0.497 e. The molecule has 0 aliphatic carbocycles. The van der Waals surface area contributed by atoms with Crippen LogP contribution in [0.1, 0.15) is 17.2 Å². The van der Waals surface area contributed by atoms with Gasteiger partial charge >= 0.3 is 11.8 Å². The Morgan fingerprint density at radius 2 is 2.00 bits per heavy atom. The summed E-state index contributed by atoms with van der Waals surface area (Å²) in [6.45, 7) is 3.51. The average molecular weight is 404 g/mol. The Labute approximate surface area is 168 Å². The number of thiophene rings is 1. The zero-order valence-corrected chi connectivity index (χ0v) is 16.7. The van der Waals surface area contributed by atoms with Gasteiger partial charge in [-0.15, -0.1) is 0 Å². The Morgan fingerprint density at radius 3 is 2.71 bits per heavy atom. The number of morpholine rings is 1. The van der Waals surface area contributed by atoms with Crippen LogP contribution >= 0.6 is 11.3 Å². The van der Waals surface area contributed by atoms with Gasteiger partial charge in [-0.2, -0.15) is 11.3 Å². The fourth-order valence-electron chi connectivity index (χ4n) is 3.12. The molecule has 2 aromatic rings. The summed E-state index contributed by atoms with van der Waals surface area (Å²) >= 11 is 1.55. The highest BCUT2D eigenvalue weighted by molar-refractivity contribution is 7.07. The molecule has 1 aliphatic rings. The Hall–Kier alpha value is -2.42. The maximum atomic E-state index is 12.3. The van der Waals surface area contributed by atoms with Gasteiger partial charge in [0.1, 0.15) is 5.75 Å². The van der Waals surface area contributed by atoms with Gasteiger partial charge in [-0.05, 0) is 40.1 Å². The first-order valence-electron chi connectivity index (χ1n) is 9.20. The van der Waals surface area contributed by atoms with Gasteiger partial charge in [-0.3, -0.25) is 14.5 Å². The van der Waals surface area contributed by atoms with E-state index in [0.29, 0.717) is 26.3 Å². The van der Waals surface area contributed by atoms with E-state index in [4.69, 9.17) is 9.47 Å². The van der Waals surface area contributed by atoms with Gasteiger partial charge in [-0.1, -0.05) is 12.1 Å². The molecule has 1 fully saturated rings. The van der Waals surface area contributed by atoms with Crippen molar-refractivity contribution in [2.24, 2.45) is 0 Å². The lowest BCUT2D eigenvalue weighted by Gasteiger charge is -2.35. The number of carbonyl (C=O) groups excluding carboxylic acids is 2. The monoisotopic (exact) mass is 403 g/mol. The summed E-state index contributed by atoms with van der Waals surface area (Å²) in [5, 5.41) is 9.30. The molecule has 1 unspecified atom stereocenters. The van der Waals surface area contributed by atoms with E-state index in [1.807, 2.05) is 41.1 Å². The maximum absolute atomic E-state index is 12.3. The molecule has 2 amide bonds. The van der Waals surface area contributed by atoms with Crippen molar-refractivity contribution in [2.75, 3.05) is 40.0 Å². The third-order valence-electron chi connectivity index (χ3n) is 4.66. The minimum absolute atomic E-state index is 0.0624. The molecule has 1 aromatic heterocycles. The topological polar surface area (TPSA) is 79.9 Å². The van der Waals surface area contributed by atoms with Crippen molar-refractivity contribution in [3.05, 3.63) is 52.2 Å². The Kier molecular flexibility index (Phi) is 7.41. The number of nitrogens with zero attached hydrogens (tertiary/aromatic N) is 1. The summed E-state index contributed by atoms with van der Waals surface area (Å²) in [7, 11) is 1.63. The number of amides is 2. The predicted octanol–water partition coefficient (Wildman–Crippen LogP) is 1.56.